The number of carbonyl (C=O) groups is 3. The van der Waals surface area contributed by atoms with Crippen LogP contribution < -0.4 is 25.6 Å². The van der Waals surface area contributed by atoms with E-state index in [1.807, 2.05) is 24.3 Å². The van der Waals surface area contributed by atoms with Crippen molar-refractivity contribution in [1.29, 1.82) is 0 Å². The Kier molecular flexibility index (Phi) is 10.6. The van der Waals surface area contributed by atoms with Crippen LogP contribution in [-0.4, -0.2) is 83.5 Å². The van der Waals surface area contributed by atoms with Crippen molar-refractivity contribution in [2.24, 2.45) is 0 Å². The van der Waals surface area contributed by atoms with Gasteiger partial charge >= 0.3 is 6.03 Å². The third kappa shape index (κ3) is 8.49. The number of aromatic nitrogens is 2. The number of piperazine rings is 1. The average Bonchev–Trinajstić information content (AvgIpc) is 3.10. The summed E-state index contributed by atoms with van der Waals surface area (Å²) in [5.41, 5.74) is 3.53. The molecule has 3 aromatic carbocycles. The van der Waals surface area contributed by atoms with Crippen LogP contribution in [0.25, 0.3) is 10.9 Å². The van der Waals surface area contributed by atoms with Gasteiger partial charge in [0, 0.05) is 75.1 Å². The molecule has 0 atom stereocenters. The fraction of sp³-hybridized carbons (Fsp3) is 0.286. The summed E-state index contributed by atoms with van der Waals surface area (Å²) in [5.74, 6) is -0.225. The fourth-order valence-corrected chi connectivity index (χ4v) is 5.97. The van der Waals surface area contributed by atoms with E-state index in [9.17, 15) is 18.8 Å². The van der Waals surface area contributed by atoms with E-state index in [2.05, 4.69) is 42.3 Å². The van der Waals surface area contributed by atoms with Crippen LogP contribution in [0.5, 0.6) is 5.75 Å². The largest absolute Gasteiger partial charge is 0.491 e. The number of halogens is 2. The Morgan fingerprint density at radius 2 is 1.80 bits per heavy atom. The van der Waals surface area contributed by atoms with E-state index >= 15 is 0 Å². The molecule has 0 bridgehead atoms. The zero-order chi connectivity index (χ0) is 34.3. The molecule has 2 aliphatic heterocycles. The Hall–Kier alpha value is -5.11. The van der Waals surface area contributed by atoms with Crippen LogP contribution in [0.2, 0.25) is 5.02 Å². The van der Waals surface area contributed by atoms with Gasteiger partial charge in [-0.2, -0.15) is 0 Å². The van der Waals surface area contributed by atoms with Gasteiger partial charge in [-0.1, -0.05) is 30.3 Å². The van der Waals surface area contributed by atoms with E-state index in [-0.39, 0.29) is 22.9 Å². The number of rotatable bonds is 12. The number of nitrogens with one attached hydrogen (secondary N) is 3. The lowest BCUT2D eigenvalue weighted by Gasteiger charge is -2.34. The summed E-state index contributed by atoms with van der Waals surface area (Å²) in [5, 5.41) is 8.92. The lowest BCUT2D eigenvalue weighted by molar-refractivity contribution is -0.120. The Morgan fingerprint density at radius 1 is 1.02 bits per heavy atom. The standard InChI is InChI=1S/C35H36ClFN8O4/c1-2-32(46)41-30-19-26-29(38-22-39-34(26)40-24-6-9-28(37)27(36)18-24)20-31(30)49-17-3-11-43-13-15-44(16-14-43)21-23-4-7-25(8-5-23)45-12-10-33(47)42-35(45)48/h2,4-9,18-20,22H,1,3,10-17,21H2,(H,41,46)(H,38,39,40)(H,42,47,48). The van der Waals surface area contributed by atoms with E-state index in [4.69, 9.17) is 16.3 Å². The molecule has 49 heavy (non-hydrogen) atoms. The zero-order valence-corrected chi connectivity index (χ0v) is 27.5. The maximum Gasteiger partial charge on any atom is 0.328 e. The lowest BCUT2D eigenvalue weighted by atomic mass is 10.1. The third-order valence-electron chi connectivity index (χ3n) is 8.41. The zero-order valence-electron chi connectivity index (χ0n) is 26.8. The topological polar surface area (TPSA) is 132 Å². The van der Waals surface area contributed by atoms with E-state index < -0.39 is 5.82 Å². The van der Waals surface area contributed by atoms with Crippen LogP contribution in [0.1, 0.15) is 18.4 Å². The van der Waals surface area contributed by atoms with Gasteiger partial charge < -0.3 is 20.3 Å². The van der Waals surface area contributed by atoms with Crippen LogP contribution in [0, 0.1) is 5.82 Å². The van der Waals surface area contributed by atoms with Gasteiger partial charge in [0.25, 0.3) is 0 Å². The van der Waals surface area contributed by atoms with Crippen molar-refractivity contribution in [2.45, 2.75) is 19.4 Å². The molecule has 3 N–H and O–H groups in total. The molecule has 4 amide bonds. The molecule has 14 heteroatoms. The van der Waals surface area contributed by atoms with Gasteiger partial charge in [0.05, 0.1) is 22.8 Å². The third-order valence-corrected chi connectivity index (χ3v) is 8.70. The van der Waals surface area contributed by atoms with Crippen LogP contribution in [0.4, 0.5) is 32.1 Å². The number of hydrogen-bond donors (Lipinski definition) is 3. The Bertz CT molecular complexity index is 1870. The molecule has 3 heterocycles. The van der Waals surface area contributed by atoms with Gasteiger partial charge in [-0.15, -0.1) is 0 Å². The molecule has 1 aromatic heterocycles. The summed E-state index contributed by atoms with van der Waals surface area (Å²) in [7, 11) is 0. The maximum atomic E-state index is 13.7. The average molecular weight is 687 g/mol. The first-order valence-corrected chi connectivity index (χ1v) is 16.4. The molecule has 0 saturated carbocycles. The Labute approximate surface area is 287 Å². The van der Waals surface area contributed by atoms with E-state index in [0.717, 1.165) is 51.4 Å². The van der Waals surface area contributed by atoms with Crippen molar-refractivity contribution in [3.05, 3.63) is 90.0 Å². The number of benzene rings is 3. The van der Waals surface area contributed by atoms with Crippen LogP contribution in [-0.2, 0) is 16.1 Å². The smallest absolute Gasteiger partial charge is 0.328 e. The minimum absolute atomic E-state index is 0.0193. The molecule has 2 fully saturated rings. The number of nitrogens with zero attached hydrogens (tertiary/aromatic N) is 5. The van der Waals surface area contributed by atoms with Gasteiger partial charge in [-0.05, 0) is 54.5 Å². The maximum absolute atomic E-state index is 13.7. The van der Waals surface area contributed by atoms with Crippen molar-refractivity contribution in [3.8, 4) is 5.75 Å². The number of fused-ring (bicyclic) bond motifs is 1. The first-order valence-electron chi connectivity index (χ1n) is 16.0. The summed E-state index contributed by atoms with van der Waals surface area (Å²) < 4.78 is 19.8. The second-order valence-electron chi connectivity index (χ2n) is 11.8. The van der Waals surface area contributed by atoms with E-state index in [1.165, 1.54) is 30.1 Å². The van der Waals surface area contributed by atoms with Crippen molar-refractivity contribution in [1.82, 2.24) is 25.1 Å². The predicted octanol–water partition coefficient (Wildman–Crippen LogP) is 5.32. The quantitative estimate of drug-likeness (QED) is 0.134. The summed E-state index contributed by atoms with van der Waals surface area (Å²) >= 11 is 5.95. The predicted molar refractivity (Wildman–Crippen MR) is 187 cm³/mol. The first-order chi connectivity index (χ1) is 23.7. The molecule has 0 spiro atoms. The highest BCUT2D eigenvalue weighted by Gasteiger charge is 2.24. The molecule has 0 aliphatic carbocycles. The highest BCUT2D eigenvalue weighted by molar-refractivity contribution is 6.31. The number of hydrogen-bond acceptors (Lipinski definition) is 9. The summed E-state index contributed by atoms with van der Waals surface area (Å²) in [6, 6.07) is 15.3. The highest BCUT2D eigenvalue weighted by atomic mass is 35.5. The lowest BCUT2D eigenvalue weighted by Crippen LogP contribution is -2.49. The van der Waals surface area contributed by atoms with Crippen LogP contribution in [0.15, 0.2) is 73.6 Å². The van der Waals surface area contributed by atoms with Crippen molar-refractivity contribution >= 4 is 63.2 Å². The van der Waals surface area contributed by atoms with E-state index in [0.29, 0.717) is 53.4 Å². The van der Waals surface area contributed by atoms with Gasteiger partial charge in [0.2, 0.25) is 11.8 Å². The van der Waals surface area contributed by atoms with Crippen molar-refractivity contribution < 1.29 is 23.5 Å². The minimum Gasteiger partial charge on any atom is -0.491 e. The summed E-state index contributed by atoms with van der Waals surface area (Å²) in [6.45, 7) is 9.79. The second-order valence-corrected chi connectivity index (χ2v) is 12.2. The fourth-order valence-electron chi connectivity index (χ4n) is 5.79. The summed E-state index contributed by atoms with van der Waals surface area (Å²) in [4.78, 5) is 51.0. The molecule has 0 radical (unpaired) electrons. The molecule has 254 valence electrons. The number of carbonyl (C=O) groups excluding carboxylic acids is 3. The number of amides is 4. The molecule has 0 unspecified atom stereocenters. The van der Waals surface area contributed by atoms with Gasteiger partial charge in [-0.3, -0.25) is 24.7 Å². The van der Waals surface area contributed by atoms with Crippen LogP contribution in [0.3, 0.4) is 0 Å². The van der Waals surface area contributed by atoms with Gasteiger partial charge in [0.15, 0.2) is 0 Å². The molecule has 2 saturated heterocycles. The number of imide groups is 1. The van der Waals surface area contributed by atoms with Gasteiger partial charge in [0.1, 0.15) is 23.7 Å². The molecule has 6 rings (SSSR count). The Morgan fingerprint density at radius 3 is 2.53 bits per heavy atom. The molecular weight excluding hydrogens is 651 g/mol. The molecule has 4 aromatic rings. The number of ether oxygens (including phenoxy) is 1. The first kappa shape index (κ1) is 33.8. The SMILES string of the molecule is C=CC(=O)Nc1cc2c(Nc3ccc(F)c(Cl)c3)ncnc2cc1OCCCN1CCN(Cc2ccc(N3CCC(=O)NC3=O)cc2)CC1. The normalized spacial score (nSPS) is 15.6. The number of urea groups is 1. The number of anilines is 4. The van der Waals surface area contributed by atoms with Crippen molar-refractivity contribution in [2.75, 3.05) is 61.4 Å². The van der Waals surface area contributed by atoms with Crippen molar-refractivity contribution in [3.63, 3.8) is 0 Å². The van der Waals surface area contributed by atoms with E-state index in [1.54, 1.807) is 23.1 Å². The second kappa shape index (κ2) is 15.4. The Balaban J connectivity index is 1.01. The molecular formula is C35H36ClFN8O4. The van der Waals surface area contributed by atoms with Crippen LogP contribution >= 0.6 is 11.6 Å². The minimum atomic E-state index is -0.523. The highest BCUT2D eigenvalue weighted by Crippen LogP contribution is 2.34. The van der Waals surface area contributed by atoms with Gasteiger partial charge in [-0.25, -0.2) is 19.2 Å². The summed E-state index contributed by atoms with van der Waals surface area (Å²) in [6.07, 6.45) is 3.68. The molecule has 2 aliphatic rings. The molecule has 12 nitrogen and oxygen atoms in total. The monoisotopic (exact) mass is 686 g/mol.